The Labute approximate surface area is 130 Å². The normalized spacial score (nSPS) is 12.3. The number of rotatable bonds is 14. The van der Waals surface area contributed by atoms with E-state index in [1.54, 1.807) is 0 Å². The van der Waals surface area contributed by atoms with Crippen molar-refractivity contribution in [2.45, 2.75) is 96.3 Å². The molecule has 0 radical (unpaired) electrons. The van der Waals surface area contributed by atoms with Crippen molar-refractivity contribution in [3.63, 3.8) is 0 Å². The van der Waals surface area contributed by atoms with Crippen molar-refractivity contribution in [3.8, 4) is 0 Å². The van der Waals surface area contributed by atoms with Crippen LogP contribution >= 0.6 is 11.6 Å². The van der Waals surface area contributed by atoms with Crippen LogP contribution in [-0.4, -0.2) is 18.0 Å². The monoisotopic (exact) mass is 304 g/mol. The molecule has 2 nitrogen and oxygen atoms in total. The number of hydrogen-bond donors (Lipinski definition) is 0. The number of carbonyl (C=O) groups is 1. The van der Waals surface area contributed by atoms with Crippen molar-refractivity contribution < 1.29 is 9.53 Å². The molecule has 0 fully saturated rings. The molecule has 1 unspecified atom stereocenters. The number of halogens is 1. The summed E-state index contributed by atoms with van der Waals surface area (Å²) in [4.78, 5) is 11.4. The van der Waals surface area contributed by atoms with Gasteiger partial charge in [-0.15, -0.1) is 11.6 Å². The summed E-state index contributed by atoms with van der Waals surface area (Å²) >= 11 is 5.90. The molecule has 0 aliphatic carbocycles. The van der Waals surface area contributed by atoms with E-state index in [1.807, 2.05) is 6.92 Å². The van der Waals surface area contributed by atoms with Gasteiger partial charge in [-0.05, 0) is 12.8 Å². The van der Waals surface area contributed by atoms with Crippen LogP contribution < -0.4 is 0 Å². The Morgan fingerprint density at radius 2 is 1.40 bits per heavy atom. The maximum absolute atomic E-state index is 11.4. The molecule has 0 bridgehead atoms. The fourth-order valence-corrected chi connectivity index (χ4v) is 2.29. The van der Waals surface area contributed by atoms with E-state index < -0.39 is 0 Å². The number of ether oxygens (including phenoxy) is 1. The molecule has 0 amide bonds. The van der Waals surface area contributed by atoms with Crippen molar-refractivity contribution in [3.05, 3.63) is 0 Å². The van der Waals surface area contributed by atoms with Crippen molar-refractivity contribution >= 4 is 17.6 Å². The highest BCUT2D eigenvalue weighted by Gasteiger charge is 2.09. The molecule has 0 rings (SSSR count). The first-order chi connectivity index (χ1) is 9.70. The molecule has 0 aromatic rings. The topological polar surface area (TPSA) is 26.3 Å². The SMILES string of the molecule is CCCCCCCCCCCCOC(=O)CC(Cl)CC. The van der Waals surface area contributed by atoms with Crippen molar-refractivity contribution in [1.82, 2.24) is 0 Å². The molecular formula is C17H33ClO2. The van der Waals surface area contributed by atoms with E-state index in [-0.39, 0.29) is 11.3 Å². The predicted molar refractivity (Wildman–Crippen MR) is 87.4 cm³/mol. The van der Waals surface area contributed by atoms with Crippen LogP contribution in [0, 0.1) is 0 Å². The van der Waals surface area contributed by atoms with Crippen LogP contribution in [0.2, 0.25) is 0 Å². The minimum absolute atomic E-state index is 0.0739. The number of alkyl halides is 1. The van der Waals surface area contributed by atoms with E-state index in [0.717, 1.165) is 12.8 Å². The molecule has 0 saturated heterocycles. The van der Waals surface area contributed by atoms with Gasteiger partial charge in [0.2, 0.25) is 0 Å². The Balaban J connectivity index is 3.14. The Morgan fingerprint density at radius 1 is 0.900 bits per heavy atom. The van der Waals surface area contributed by atoms with Crippen LogP contribution in [0.4, 0.5) is 0 Å². The first-order valence-electron chi connectivity index (χ1n) is 8.50. The maximum Gasteiger partial charge on any atom is 0.307 e. The Bertz CT molecular complexity index is 219. The Kier molecular flexibility index (Phi) is 15.0. The zero-order chi connectivity index (χ0) is 15.1. The first-order valence-corrected chi connectivity index (χ1v) is 8.94. The van der Waals surface area contributed by atoms with E-state index in [9.17, 15) is 4.79 Å². The van der Waals surface area contributed by atoms with Crippen LogP contribution in [0.5, 0.6) is 0 Å². The smallest absolute Gasteiger partial charge is 0.307 e. The van der Waals surface area contributed by atoms with Crippen LogP contribution in [0.25, 0.3) is 0 Å². The lowest BCUT2D eigenvalue weighted by Crippen LogP contribution is -2.11. The van der Waals surface area contributed by atoms with Gasteiger partial charge in [0.15, 0.2) is 0 Å². The molecule has 0 heterocycles. The third-order valence-corrected chi connectivity index (χ3v) is 4.05. The summed E-state index contributed by atoms with van der Waals surface area (Å²) in [7, 11) is 0. The number of esters is 1. The highest BCUT2D eigenvalue weighted by molar-refractivity contribution is 6.21. The van der Waals surface area contributed by atoms with Gasteiger partial charge in [-0.2, -0.15) is 0 Å². The van der Waals surface area contributed by atoms with Crippen LogP contribution in [-0.2, 0) is 9.53 Å². The molecular weight excluding hydrogens is 272 g/mol. The maximum atomic E-state index is 11.4. The van der Waals surface area contributed by atoms with E-state index >= 15 is 0 Å². The van der Waals surface area contributed by atoms with Gasteiger partial charge in [-0.3, -0.25) is 4.79 Å². The van der Waals surface area contributed by atoms with Gasteiger partial charge < -0.3 is 4.74 Å². The summed E-state index contributed by atoms with van der Waals surface area (Å²) in [5, 5.41) is -0.0739. The highest BCUT2D eigenvalue weighted by Crippen LogP contribution is 2.11. The van der Waals surface area contributed by atoms with Crippen LogP contribution in [0.15, 0.2) is 0 Å². The molecule has 0 spiro atoms. The van der Waals surface area contributed by atoms with Gasteiger partial charge in [0.05, 0.1) is 13.0 Å². The molecule has 120 valence electrons. The molecule has 0 aliphatic rings. The first kappa shape index (κ1) is 19.8. The number of hydrogen-bond acceptors (Lipinski definition) is 2. The predicted octanol–water partition coefficient (Wildman–Crippen LogP) is 5.86. The fraction of sp³-hybridized carbons (Fsp3) is 0.941. The second-order valence-electron chi connectivity index (χ2n) is 5.61. The largest absolute Gasteiger partial charge is 0.466 e. The average molecular weight is 305 g/mol. The Morgan fingerprint density at radius 3 is 1.90 bits per heavy atom. The molecule has 0 aromatic heterocycles. The molecule has 20 heavy (non-hydrogen) atoms. The van der Waals surface area contributed by atoms with E-state index in [0.29, 0.717) is 13.0 Å². The summed E-state index contributed by atoms with van der Waals surface area (Å²) < 4.78 is 5.16. The summed E-state index contributed by atoms with van der Waals surface area (Å²) in [6, 6.07) is 0. The van der Waals surface area contributed by atoms with Gasteiger partial charge in [-0.25, -0.2) is 0 Å². The third kappa shape index (κ3) is 14.2. The standard InChI is InChI=1S/C17H33ClO2/c1-3-5-6-7-8-9-10-11-12-13-14-20-17(19)15-16(18)4-2/h16H,3-15H2,1-2H3. The van der Waals surface area contributed by atoms with Crippen LogP contribution in [0.1, 0.15) is 90.9 Å². The molecule has 3 heteroatoms. The fourth-order valence-electron chi connectivity index (χ4n) is 2.16. The summed E-state index contributed by atoms with van der Waals surface area (Å²) in [6.07, 6.45) is 14.1. The van der Waals surface area contributed by atoms with Crippen molar-refractivity contribution in [2.24, 2.45) is 0 Å². The second kappa shape index (κ2) is 15.2. The minimum Gasteiger partial charge on any atom is -0.466 e. The lowest BCUT2D eigenvalue weighted by molar-refractivity contribution is -0.143. The minimum atomic E-state index is -0.150. The number of carbonyl (C=O) groups excluding carboxylic acids is 1. The quantitative estimate of drug-likeness (QED) is 0.228. The molecule has 0 N–H and O–H groups in total. The second-order valence-corrected chi connectivity index (χ2v) is 6.23. The zero-order valence-electron chi connectivity index (χ0n) is 13.5. The lowest BCUT2D eigenvalue weighted by atomic mass is 10.1. The van der Waals surface area contributed by atoms with Gasteiger partial charge >= 0.3 is 5.97 Å². The summed E-state index contributed by atoms with van der Waals surface area (Å²) in [5.74, 6) is -0.150. The summed E-state index contributed by atoms with van der Waals surface area (Å²) in [6.45, 7) is 4.79. The molecule has 0 aromatic carbocycles. The third-order valence-electron chi connectivity index (χ3n) is 3.59. The number of unbranched alkanes of at least 4 members (excludes halogenated alkanes) is 9. The molecule has 1 atom stereocenters. The van der Waals surface area contributed by atoms with Crippen molar-refractivity contribution in [1.29, 1.82) is 0 Å². The van der Waals surface area contributed by atoms with Gasteiger partial charge in [0.1, 0.15) is 0 Å². The van der Waals surface area contributed by atoms with Crippen molar-refractivity contribution in [2.75, 3.05) is 6.61 Å². The van der Waals surface area contributed by atoms with Gasteiger partial charge in [-0.1, -0.05) is 71.6 Å². The molecule has 0 aliphatic heterocycles. The van der Waals surface area contributed by atoms with Gasteiger partial charge in [0.25, 0.3) is 0 Å². The van der Waals surface area contributed by atoms with E-state index in [1.165, 1.54) is 57.8 Å². The molecule has 0 saturated carbocycles. The highest BCUT2D eigenvalue weighted by atomic mass is 35.5. The zero-order valence-corrected chi connectivity index (χ0v) is 14.2. The van der Waals surface area contributed by atoms with Gasteiger partial charge in [0, 0.05) is 5.38 Å². The van der Waals surface area contributed by atoms with Crippen LogP contribution in [0.3, 0.4) is 0 Å². The Hall–Kier alpha value is -0.240. The summed E-state index contributed by atoms with van der Waals surface area (Å²) in [5.41, 5.74) is 0. The van der Waals surface area contributed by atoms with E-state index in [4.69, 9.17) is 16.3 Å². The lowest BCUT2D eigenvalue weighted by Gasteiger charge is -2.07. The van der Waals surface area contributed by atoms with E-state index in [2.05, 4.69) is 6.92 Å². The average Bonchev–Trinajstić information content (AvgIpc) is 2.44.